The summed E-state index contributed by atoms with van der Waals surface area (Å²) in [6.45, 7) is 6.15. The zero-order valence-electron chi connectivity index (χ0n) is 16.2. The van der Waals surface area contributed by atoms with E-state index in [-0.39, 0.29) is 30.2 Å². The molecule has 0 fully saturated rings. The lowest BCUT2D eigenvalue weighted by atomic mass is 10.1. The Morgan fingerprint density at radius 1 is 1.00 bits per heavy atom. The Balaban J connectivity index is 2.03. The summed E-state index contributed by atoms with van der Waals surface area (Å²) in [5.74, 6) is -0.596. The maximum absolute atomic E-state index is 13.8. The average molecular weight is 370 g/mol. The quantitative estimate of drug-likeness (QED) is 0.712. The van der Waals surface area contributed by atoms with E-state index < -0.39 is 0 Å². The summed E-state index contributed by atoms with van der Waals surface area (Å²) >= 11 is 0. The van der Waals surface area contributed by atoms with Crippen LogP contribution in [0.25, 0.3) is 0 Å². The number of carbonyl (C=O) groups excluding carboxylic acids is 2. The van der Waals surface area contributed by atoms with Crippen molar-refractivity contribution < 1.29 is 14.0 Å². The Morgan fingerprint density at radius 2 is 1.63 bits per heavy atom. The Bertz CT molecular complexity index is 762. The lowest BCUT2D eigenvalue weighted by Gasteiger charge is -2.30. The third kappa shape index (κ3) is 6.20. The van der Waals surface area contributed by atoms with E-state index in [2.05, 4.69) is 0 Å². The van der Waals surface area contributed by atoms with Crippen molar-refractivity contribution in [2.45, 2.75) is 39.8 Å². The highest BCUT2D eigenvalue weighted by atomic mass is 19.1. The van der Waals surface area contributed by atoms with Crippen molar-refractivity contribution in [3.05, 3.63) is 71.5 Å². The van der Waals surface area contributed by atoms with Gasteiger partial charge >= 0.3 is 0 Å². The van der Waals surface area contributed by atoms with Crippen LogP contribution >= 0.6 is 0 Å². The highest BCUT2D eigenvalue weighted by molar-refractivity contribution is 5.84. The van der Waals surface area contributed by atoms with Gasteiger partial charge in [-0.2, -0.15) is 0 Å². The Morgan fingerprint density at radius 3 is 2.22 bits per heavy atom. The summed E-state index contributed by atoms with van der Waals surface area (Å²) < 4.78 is 13.8. The smallest absolute Gasteiger partial charge is 0.242 e. The van der Waals surface area contributed by atoms with Gasteiger partial charge in [0.1, 0.15) is 5.82 Å². The number of hydrogen-bond donors (Lipinski definition) is 0. The van der Waals surface area contributed by atoms with Crippen LogP contribution in [0.3, 0.4) is 0 Å². The van der Waals surface area contributed by atoms with E-state index in [1.54, 1.807) is 23.1 Å². The van der Waals surface area contributed by atoms with Crippen molar-refractivity contribution in [3.8, 4) is 0 Å². The zero-order chi connectivity index (χ0) is 19.8. The molecule has 5 heteroatoms. The normalized spacial score (nSPS) is 10.7. The van der Waals surface area contributed by atoms with E-state index in [0.717, 1.165) is 5.56 Å². The number of carbonyl (C=O) groups is 2. The van der Waals surface area contributed by atoms with E-state index in [0.29, 0.717) is 25.1 Å². The molecule has 4 nitrogen and oxygen atoms in total. The van der Waals surface area contributed by atoms with Gasteiger partial charge in [-0.1, -0.05) is 48.5 Å². The molecule has 0 bridgehead atoms. The number of rotatable bonds is 8. The molecule has 0 heterocycles. The van der Waals surface area contributed by atoms with Gasteiger partial charge in [-0.3, -0.25) is 9.59 Å². The fourth-order valence-electron chi connectivity index (χ4n) is 2.90. The molecule has 2 aromatic rings. The summed E-state index contributed by atoms with van der Waals surface area (Å²) in [4.78, 5) is 28.1. The molecule has 0 saturated heterocycles. The summed E-state index contributed by atoms with van der Waals surface area (Å²) in [5, 5.41) is 0. The number of halogens is 1. The van der Waals surface area contributed by atoms with E-state index in [9.17, 15) is 14.0 Å². The van der Waals surface area contributed by atoms with Gasteiger partial charge in [0, 0.05) is 26.1 Å². The van der Waals surface area contributed by atoms with Gasteiger partial charge in [-0.25, -0.2) is 4.39 Å². The van der Waals surface area contributed by atoms with E-state index >= 15 is 0 Å². The van der Waals surface area contributed by atoms with Crippen molar-refractivity contribution >= 4 is 11.8 Å². The van der Waals surface area contributed by atoms with Crippen LogP contribution in [0.4, 0.5) is 4.39 Å². The molecular formula is C22H27FN2O2. The first kappa shape index (κ1) is 20.6. The predicted molar refractivity (Wildman–Crippen MR) is 104 cm³/mol. The predicted octanol–water partition coefficient (Wildman–Crippen LogP) is 3.65. The van der Waals surface area contributed by atoms with E-state index in [1.165, 1.54) is 17.9 Å². The topological polar surface area (TPSA) is 40.6 Å². The average Bonchev–Trinajstić information content (AvgIpc) is 2.64. The molecule has 0 aliphatic heterocycles. The highest BCUT2D eigenvalue weighted by Crippen LogP contribution is 2.11. The first-order valence-electron chi connectivity index (χ1n) is 9.20. The van der Waals surface area contributed by atoms with Gasteiger partial charge in [-0.15, -0.1) is 0 Å². The van der Waals surface area contributed by atoms with Crippen LogP contribution in [0.2, 0.25) is 0 Å². The highest BCUT2D eigenvalue weighted by Gasteiger charge is 2.21. The molecule has 0 N–H and O–H groups in total. The van der Waals surface area contributed by atoms with Gasteiger partial charge in [0.2, 0.25) is 11.8 Å². The number of amides is 2. The van der Waals surface area contributed by atoms with Crippen LogP contribution in [0.1, 0.15) is 31.9 Å². The molecule has 0 spiro atoms. The SMILES string of the molecule is CC(=O)N(CCc1ccccc1F)CC(=O)N(Cc1ccccc1)C(C)C. The lowest BCUT2D eigenvalue weighted by Crippen LogP contribution is -2.45. The van der Waals surface area contributed by atoms with Crippen molar-refractivity contribution in [1.29, 1.82) is 0 Å². The Kier molecular flexibility index (Phi) is 7.53. The molecule has 27 heavy (non-hydrogen) atoms. The lowest BCUT2D eigenvalue weighted by molar-refractivity contribution is -0.141. The van der Waals surface area contributed by atoms with Crippen LogP contribution < -0.4 is 0 Å². The largest absolute Gasteiger partial charge is 0.334 e. The van der Waals surface area contributed by atoms with Crippen molar-refractivity contribution in [1.82, 2.24) is 9.80 Å². The Labute approximate surface area is 160 Å². The van der Waals surface area contributed by atoms with Crippen molar-refractivity contribution in [2.75, 3.05) is 13.1 Å². The molecular weight excluding hydrogens is 343 g/mol. The van der Waals surface area contributed by atoms with Gasteiger partial charge in [0.15, 0.2) is 0 Å². The van der Waals surface area contributed by atoms with Crippen LogP contribution in [-0.4, -0.2) is 40.7 Å². The second-order valence-electron chi connectivity index (χ2n) is 6.88. The zero-order valence-corrected chi connectivity index (χ0v) is 16.2. The number of benzene rings is 2. The maximum atomic E-state index is 13.8. The second kappa shape index (κ2) is 9.86. The summed E-state index contributed by atoms with van der Waals surface area (Å²) in [6.07, 6.45) is 0.375. The number of nitrogens with zero attached hydrogens (tertiary/aromatic N) is 2. The summed E-state index contributed by atoms with van der Waals surface area (Å²) in [5.41, 5.74) is 1.58. The molecule has 0 saturated carbocycles. The van der Waals surface area contributed by atoms with Crippen LogP contribution in [0, 0.1) is 5.82 Å². The minimum absolute atomic E-state index is 0.00516. The maximum Gasteiger partial charge on any atom is 0.242 e. The van der Waals surface area contributed by atoms with Crippen molar-refractivity contribution in [2.24, 2.45) is 0 Å². The Hall–Kier alpha value is -2.69. The van der Waals surface area contributed by atoms with E-state index in [1.807, 2.05) is 44.2 Å². The van der Waals surface area contributed by atoms with Gasteiger partial charge in [-0.05, 0) is 37.5 Å². The molecule has 2 rings (SSSR count). The van der Waals surface area contributed by atoms with Crippen LogP contribution in [0.15, 0.2) is 54.6 Å². The molecule has 0 aromatic heterocycles. The third-order valence-electron chi connectivity index (χ3n) is 4.52. The number of hydrogen-bond acceptors (Lipinski definition) is 2. The minimum Gasteiger partial charge on any atom is -0.334 e. The first-order chi connectivity index (χ1) is 12.9. The third-order valence-corrected chi connectivity index (χ3v) is 4.52. The first-order valence-corrected chi connectivity index (χ1v) is 9.20. The monoisotopic (exact) mass is 370 g/mol. The molecule has 2 aromatic carbocycles. The summed E-state index contributed by atoms with van der Waals surface area (Å²) in [7, 11) is 0. The second-order valence-corrected chi connectivity index (χ2v) is 6.88. The molecule has 144 valence electrons. The van der Waals surface area contributed by atoms with Crippen LogP contribution in [0.5, 0.6) is 0 Å². The fourth-order valence-corrected chi connectivity index (χ4v) is 2.90. The fraction of sp³-hybridized carbons (Fsp3) is 0.364. The van der Waals surface area contributed by atoms with Gasteiger partial charge < -0.3 is 9.80 Å². The van der Waals surface area contributed by atoms with Crippen molar-refractivity contribution in [3.63, 3.8) is 0 Å². The molecule has 0 radical (unpaired) electrons. The molecule has 0 unspecified atom stereocenters. The van der Waals surface area contributed by atoms with E-state index in [4.69, 9.17) is 0 Å². The standard InChI is InChI=1S/C22H27FN2O2/c1-17(2)25(15-19-9-5-4-6-10-19)22(27)16-24(18(3)26)14-13-20-11-7-8-12-21(20)23/h4-12,17H,13-16H2,1-3H3. The molecule has 0 aliphatic carbocycles. The summed E-state index contributed by atoms with van der Waals surface area (Å²) in [6, 6.07) is 16.3. The molecule has 0 aliphatic rings. The van der Waals surface area contributed by atoms with Gasteiger partial charge in [0.05, 0.1) is 6.54 Å². The molecule has 0 atom stereocenters. The van der Waals surface area contributed by atoms with Gasteiger partial charge in [0.25, 0.3) is 0 Å². The minimum atomic E-state index is -0.291. The van der Waals surface area contributed by atoms with Crippen LogP contribution in [-0.2, 0) is 22.6 Å². The molecule has 2 amide bonds.